The van der Waals surface area contributed by atoms with Gasteiger partial charge >= 0.3 is 0 Å². The molecule has 1 aromatic heterocycles. The Balaban J connectivity index is 1.52. The Labute approximate surface area is 164 Å². The molecule has 2 aromatic rings. The average Bonchev–Trinajstić information content (AvgIpc) is 3.40. The molecule has 1 aromatic carbocycles. The molecule has 6 heteroatoms. The number of hydrogen-bond donors (Lipinski definition) is 1. The van der Waals surface area contributed by atoms with E-state index in [9.17, 15) is 9.59 Å². The third kappa shape index (κ3) is 3.51. The second-order valence-corrected chi connectivity index (χ2v) is 8.53. The van der Waals surface area contributed by atoms with Crippen molar-refractivity contribution in [2.75, 3.05) is 38.1 Å². The van der Waals surface area contributed by atoms with E-state index >= 15 is 0 Å². The predicted octanol–water partition coefficient (Wildman–Crippen LogP) is 3.24. The van der Waals surface area contributed by atoms with Gasteiger partial charge in [-0.3, -0.25) is 9.59 Å². The molecule has 0 bridgehead atoms. The van der Waals surface area contributed by atoms with Crippen LogP contribution in [0.25, 0.3) is 0 Å². The van der Waals surface area contributed by atoms with Gasteiger partial charge < -0.3 is 15.1 Å². The number of benzene rings is 1. The highest BCUT2D eigenvalue weighted by Crippen LogP contribution is 2.37. The van der Waals surface area contributed by atoms with Gasteiger partial charge in [-0.05, 0) is 54.8 Å². The van der Waals surface area contributed by atoms with Gasteiger partial charge in [0.1, 0.15) is 0 Å². The van der Waals surface area contributed by atoms with Crippen LogP contribution >= 0.6 is 11.3 Å². The molecule has 3 heterocycles. The number of anilines is 1. The lowest BCUT2D eigenvalue weighted by molar-refractivity contribution is 0.0608. The van der Waals surface area contributed by atoms with Gasteiger partial charge in [0.2, 0.25) is 0 Å². The molecule has 142 valence electrons. The molecule has 5 nitrogen and oxygen atoms in total. The lowest BCUT2D eigenvalue weighted by Crippen LogP contribution is -2.44. The first-order chi connectivity index (χ1) is 13.1. The summed E-state index contributed by atoms with van der Waals surface area (Å²) < 4.78 is 0. The van der Waals surface area contributed by atoms with Crippen molar-refractivity contribution in [3.63, 3.8) is 0 Å². The molecule has 4 rings (SSSR count). The molecule has 0 unspecified atom stereocenters. The Bertz CT molecular complexity index is 818. The molecule has 2 fully saturated rings. The zero-order valence-electron chi connectivity index (χ0n) is 15.6. The Morgan fingerprint density at radius 3 is 2.56 bits per heavy atom. The minimum Gasteiger partial charge on any atom is -0.339 e. The van der Waals surface area contributed by atoms with Crippen molar-refractivity contribution < 1.29 is 9.59 Å². The van der Waals surface area contributed by atoms with Crippen LogP contribution in [0, 0.1) is 5.41 Å². The molecule has 2 aliphatic rings. The van der Waals surface area contributed by atoms with Crippen LogP contribution < -0.4 is 10.2 Å². The van der Waals surface area contributed by atoms with Crippen molar-refractivity contribution in [1.82, 2.24) is 10.2 Å². The number of para-hydroxylation sites is 1. The molecule has 0 aliphatic carbocycles. The number of nitrogens with zero attached hydrogens (tertiary/aromatic N) is 2. The first kappa shape index (κ1) is 18.2. The molecular formula is C21H25N3O2S. The van der Waals surface area contributed by atoms with Crippen LogP contribution in [0.5, 0.6) is 0 Å². The zero-order chi connectivity index (χ0) is 18.9. The van der Waals surface area contributed by atoms with Crippen LogP contribution in [-0.4, -0.2) is 49.9 Å². The predicted molar refractivity (Wildman–Crippen MR) is 109 cm³/mol. The fraction of sp³-hybridized carbons (Fsp3) is 0.429. The van der Waals surface area contributed by atoms with Gasteiger partial charge in [0.15, 0.2) is 0 Å². The monoisotopic (exact) mass is 383 g/mol. The Morgan fingerprint density at radius 2 is 1.89 bits per heavy atom. The van der Waals surface area contributed by atoms with E-state index in [1.807, 2.05) is 46.7 Å². The minimum atomic E-state index is -0.0834. The number of amides is 2. The molecule has 0 saturated carbocycles. The smallest absolute Gasteiger partial charge is 0.268 e. The highest BCUT2D eigenvalue weighted by molar-refractivity contribution is 7.12. The van der Waals surface area contributed by atoms with Crippen molar-refractivity contribution >= 4 is 28.8 Å². The first-order valence-corrected chi connectivity index (χ1v) is 10.4. The van der Waals surface area contributed by atoms with E-state index in [1.165, 1.54) is 17.8 Å². The van der Waals surface area contributed by atoms with E-state index in [4.69, 9.17) is 0 Å². The summed E-state index contributed by atoms with van der Waals surface area (Å²) in [6.45, 7) is 3.74. The van der Waals surface area contributed by atoms with E-state index in [0.29, 0.717) is 21.5 Å². The number of piperidine rings is 1. The maximum absolute atomic E-state index is 13.2. The summed E-state index contributed by atoms with van der Waals surface area (Å²) in [6, 6.07) is 11.1. The number of likely N-dealkylation sites (tertiary alicyclic amines) is 1. The normalized spacial score (nSPS) is 18.6. The quantitative estimate of drug-likeness (QED) is 0.885. The number of nitrogens with one attached hydrogen (secondary N) is 1. The Hall–Kier alpha value is -2.18. The van der Waals surface area contributed by atoms with Crippen molar-refractivity contribution in [2.45, 2.75) is 19.3 Å². The van der Waals surface area contributed by atoms with Crippen LogP contribution in [0.2, 0.25) is 0 Å². The largest absolute Gasteiger partial charge is 0.339 e. The fourth-order valence-electron chi connectivity index (χ4n) is 4.20. The Morgan fingerprint density at radius 1 is 1.11 bits per heavy atom. The summed E-state index contributed by atoms with van der Waals surface area (Å²) in [5, 5.41) is 5.35. The topological polar surface area (TPSA) is 52.7 Å². The molecule has 2 saturated heterocycles. The molecule has 1 N–H and O–H groups in total. The lowest BCUT2D eigenvalue weighted by atomic mass is 9.78. The van der Waals surface area contributed by atoms with Crippen LogP contribution in [0.4, 0.5) is 5.69 Å². The summed E-state index contributed by atoms with van der Waals surface area (Å²) in [6.07, 6.45) is 3.32. The highest BCUT2D eigenvalue weighted by Gasteiger charge is 2.38. The van der Waals surface area contributed by atoms with Crippen molar-refractivity contribution in [2.24, 2.45) is 5.41 Å². The zero-order valence-corrected chi connectivity index (χ0v) is 16.4. The van der Waals surface area contributed by atoms with Gasteiger partial charge in [-0.25, -0.2) is 0 Å². The molecule has 2 aliphatic heterocycles. The third-order valence-electron chi connectivity index (χ3n) is 5.98. The SMILES string of the molecule is CN(C(=O)c1cccs1)c1ccccc1C(=O)N1CCC2(CCNC2)CC1. The fourth-order valence-corrected chi connectivity index (χ4v) is 4.90. The van der Waals surface area contributed by atoms with Crippen molar-refractivity contribution in [1.29, 1.82) is 0 Å². The number of thiophene rings is 1. The standard InChI is InChI=1S/C21H25N3O2S/c1-23(20(26)18-7-4-14-27-18)17-6-3-2-5-16(17)19(25)24-12-9-21(10-13-24)8-11-22-15-21/h2-7,14,22H,8-13,15H2,1H3. The second-order valence-electron chi connectivity index (χ2n) is 7.58. The molecular weight excluding hydrogens is 358 g/mol. The molecule has 27 heavy (non-hydrogen) atoms. The maximum atomic E-state index is 13.2. The Kier molecular flexibility index (Phi) is 5.02. The van der Waals surface area contributed by atoms with Crippen molar-refractivity contribution in [3.8, 4) is 0 Å². The third-order valence-corrected chi connectivity index (χ3v) is 6.83. The first-order valence-electron chi connectivity index (χ1n) is 9.50. The van der Waals surface area contributed by atoms with Gasteiger partial charge in [0, 0.05) is 26.7 Å². The summed E-state index contributed by atoms with van der Waals surface area (Å²) >= 11 is 1.41. The molecule has 1 spiro atoms. The highest BCUT2D eigenvalue weighted by atomic mass is 32.1. The minimum absolute atomic E-state index is 0.0252. The summed E-state index contributed by atoms with van der Waals surface area (Å²) in [7, 11) is 1.74. The van der Waals surface area contributed by atoms with Crippen molar-refractivity contribution in [3.05, 3.63) is 52.2 Å². The average molecular weight is 384 g/mol. The van der Waals surface area contributed by atoms with E-state index in [1.54, 1.807) is 11.9 Å². The van der Waals surface area contributed by atoms with E-state index in [0.717, 1.165) is 39.0 Å². The van der Waals surface area contributed by atoms with Crippen LogP contribution in [0.15, 0.2) is 41.8 Å². The molecule has 0 atom stereocenters. The van der Waals surface area contributed by atoms with E-state index < -0.39 is 0 Å². The maximum Gasteiger partial charge on any atom is 0.268 e. The van der Waals surface area contributed by atoms with Gasteiger partial charge in [-0.2, -0.15) is 0 Å². The van der Waals surface area contributed by atoms with E-state index in [2.05, 4.69) is 5.32 Å². The van der Waals surface area contributed by atoms with Gasteiger partial charge in [0.25, 0.3) is 11.8 Å². The van der Waals surface area contributed by atoms with Gasteiger partial charge in [-0.15, -0.1) is 11.3 Å². The summed E-state index contributed by atoms with van der Waals surface area (Å²) in [5.74, 6) is -0.0582. The number of rotatable bonds is 3. The van der Waals surface area contributed by atoms with Crippen LogP contribution in [0.3, 0.4) is 0 Å². The number of carbonyl (C=O) groups is 2. The number of carbonyl (C=O) groups excluding carboxylic acids is 2. The lowest BCUT2D eigenvalue weighted by Gasteiger charge is -2.39. The van der Waals surface area contributed by atoms with Crippen LogP contribution in [0.1, 0.15) is 39.3 Å². The van der Waals surface area contributed by atoms with E-state index in [-0.39, 0.29) is 11.8 Å². The number of hydrogen-bond acceptors (Lipinski definition) is 4. The summed E-state index contributed by atoms with van der Waals surface area (Å²) in [5.41, 5.74) is 1.65. The second kappa shape index (κ2) is 7.44. The van der Waals surface area contributed by atoms with Crippen LogP contribution in [-0.2, 0) is 0 Å². The molecule has 2 amide bonds. The van der Waals surface area contributed by atoms with Gasteiger partial charge in [-0.1, -0.05) is 18.2 Å². The summed E-state index contributed by atoms with van der Waals surface area (Å²) in [4.78, 5) is 30.2. The van der Waals surface area contributed by atoms with Gasteiger partial charge in [0.05, 0.1) is 16.1 Å². The molecule has 0 radical (unpaired) electrons.